The topological polar surface area (TPSA) is 75.7 Å². The Bertz CT molecular complexity index is 628. The molecule has 23 heavy (non-hydrogen) atoms. The summed E-state index contributed by atoms with van der Waals surface area (Å²) in [6, 6.07) is 7.36. The number of hydrogen-bond donors (Lipinski definition) is 1. The van der Waals surface area contributed by atoms with Gasteiger partial charge >= 0.3 is 0 Å². The van der Waals surface area contributed by atoms with Crippen molar-refractivity contribution in [1.29, 1.82) is 0 Å². The fourth-order valence-corrected chi connectivity index (χ4v) is 3.30. The normalized spacial score (nSPS) is 18.7. The molecule has 0 bridgehead atoms. The van der Waals surface area contributed by atoms with Gasteiger partial charge in [0.2, 0.25) is 15.9 Å². The maximum Gasteiger partial charge on any atom is 0.227 e. The van der Waals surface area contributed by atoms with Gasteiger partial charge in [-0.2, -0.15) is 0 Å². The molecule has 1 saturated heterocycles. The lowest BCUT2D eigenvalue weighted by Gasteiger charge is -2.36. The van der Waals surface area contributed by atoms with Crippen LogP contribution in [0.15, 0.2) is 24.3 Å². The van der Waals surface area contributed by atoms with E-state index in [1.807, 2.05) is 29.2 Å². The van der Waals surface area contributed by atoms with Crippen molar-refractivity contribution in [1.82, 2.24) is 9.62 Å². The molecule has 2 rings (SSSR count). The van der Waals surface area contributed by atoms with Crippen LogP contribution in [0.5, 0.6) is 5.75 Å². The molecule has 6 nitrogen and oxygen atoms in total. The van der Waals surface area contributed by atoms with Crippen LogP contribution in [-0.4, -0.2) is 51.7 Å². The van der Waals surface area contributed by atoms with Gasteiger partial charge in [0.05, 0.1) is 19.8 Å². The number of benzene rings is 1. The van der Waals surface area contributed by atoms with Crippen molar-refractivity contribution in [3.8, 4) is 5.75 Å². The first-order valence-corrected chi connectivity index (χ1v) is 9.65. The van der Waals surface area contributed by atoms with E-state index in [1.54, 1.807) is 7.11 Å². The third-order valence-corrected chi connectivity index (χ3v) is 4.73. The molecule has 1 aromatic carbocycles. The molecule has 0 saturated carbocycles. The molecule has 1 heterocycles. The Hall–Kier alpha value is -1.60. The van der Waals surface area contributed by atoms with Crippen LogP contribution in [0.4, 0.5) is 0 Å². The highest BCUT2D eigenvalue weighted by Crippen LogP contribution is 2.19. The summed E-state index contributed by atoms with van der Waals surface area (Å²) in [5.74, 6) is 0.796. The van der Waals surface area contributed by atoms with Gasteiger partial charge < -0.3 is 9.64 Å². The highest BCUT2D eigenvalue weighted by atomic mass is 32.2. The molecule has 0 radical (unpaired) electrons. The van der Waals surface area contributed by atoms with Gasteiger partial charge in [0.1, 0.15) is 5.75 Å². The maximum atomic E-state index is 12.6. The zero-order chi connectivity index (χ0) is 16.9. The largest absolute Gasteiger partial charge is 0.497 e. The lowest BCUT2D eigenvalue weighted by Crippen LogP contribution is -2.49. The molecule has 1 aromatic rings. The summed E-state index contributed by atoms with van der Waals surface area (Å²) in [6.45, 7) is 0.971. The number of amides is 1. The van der Waals surface area contributed by atoms with E-state index in [4.69, 9.17) is 4.74 Å². The van der Waals surface area contributed by atoms with Crippen LogP contribution in [0.1, 0.15) is 24.8 Å². The highest BCUT2D eigenvalue weighted by molar-refractivity contribution is 7.88. The van der Waals surface area contributed by atoms with Gasteiger partial charge in [-0.25, -0.2) is 13.1 Å². The molecule has 1 aliphatic rings. The van der Waals surface area contributed by atoms with E-state index in [0.717, 1.165) is 36.8 Å². The molecule has 0 aliphatic carbocycles. The van der Waals surface area contributed by atoms with E-state index in [2.05, 4.69) is 4.72 Å². The van der Waals surface area contributed by atoms with Gasteiger partial charge in [0, 0.05) is 19.1 Å². The van der Waals surface area contributed by atoms with E-state index < -0.39 is 10.0 Å². The smallest absolute Gasteiger partial charge is 0.227 e. The number of carbonyl (C=O) groups is 1. The monoisotopic (exact) mass is 340 g/mol. The van der Waals surface area contributed by atoms with Crippen molar-refractivity contribution in [3.63, 3.8) is 0 Å². The molecule has 128 valence electrons. The minimum Gasteiger partial charge on any atom is -0.497 e. The van der Waals surface area contributed by atoms with E-state index in [-0.39, 0.29) is 18.5 Å². The SMILES string of the molecule is COc1ccc(CC(=O)N2CCCCC2CNS(C)(=O)=O)cc1. The van der Waals surface area contributed by atoms with Crippen LogP contribution in [-0.2, 0) is 21.2 Å². The number of likely N-dealkylation sites (tertiary alicyclic amines) is 1. The predicted octanol–water partition coefficient (Wildman–Crippen LogP) is 1.17. The summed E-state index contributed by atoms with van der Waals surface area (Å²) < 4.78 is 30.2. The van der Waals surface area contributed by atoms with Gasteiger partial charge in [-0.15, -0.1) is 0 Å². The third-order valence-electron chi connectivity index (χ3n) is 4.04. The average molecular weight is 340 g/mol. The first kappa shape index (κ1) is 17.7. The summed E-state index contributed by atoms with van der Waals surface area (Å²) in [6.07, 6.45) is 4.27. The first-order chi connectivity index (χ1) is 10.9. The van der Waals surface area contributed by atoms with Gasteiger partial charge in [-0.3, -0.25) is 4.79 Å². The molecular formula is C16H24N2O4S. The van der Waals surface area contributed by atoms with Crippen LogP contribution >= 0.6 is 0 Å². The van der Waals surface area contributed by atoms with Gasteiger partial charge in [-0.1, -0.05) is 12.1 Å². The number of hydrogen-bond acceptors (Lipinski definition) is 4. The number of rotatable bonds is 6. The molecule has 1 unspecified atom stereocenters. The summed E-state index contributed by atoms with van der Waals surface area (Å²) in [5, 5.41) is 0. The van der Waals surface area contributed by atoms with Crippen LogP contribution in [0.25, 0.3) is 0 Å². The molecular weight excluding hydrogens is 316 g/mol. The summed E-state index contributed by atoms with van der Waals surface area (Å²) in [5.41, 5.74) is 0.927. The van der Waals surface area contributed by atoms with Crippen LogP contribution in [0, 0.1) is 0 Å². The first-order valence-electron chi connectivity index (χ1n) is 7.76. The second-order valence-corrected chi connectivity index (χ2v) is 7.72. The quantitative estimate of drug-likeness (QED) is 0.843. The number of ether oxygens (including phenoxy) is 1. The second kappa shape index (κ2) is 7.79. The number of sulfonamides is 1. The van der Waals surface area contributed by atoms with Crippen molar-refractivity contribution < 1.29 is 17.9 Å². The number of piperidine rings is 1. The van der Waals surface area contributed by atoms with Crippen molar-refractivity contribution in [2.24, 2.45) is 0 Å². The van der Waals surface area contributed by atoms with Crippen molar-refractivity contribution in [3.05, 3.63) is 29.8 Å². The average Bonchev–Trinajstić information content (AvgIpc) is 2.53. The molecule has 1 amide bonds. The van der Waals surface area contributed by atoms with Crippen LogP contribution in [0.2, 0.25) is 0 Å². The number of nitrogens with zero attached hydrogens (tertiary/aromatic N) is 1. The van der Waals surface area contributed by atoms with Gasteiger partial charge in [0.15, 0.2) is 0 Å². The summed E-state index contributed by atoms with van der Waals surface area (Å²) in [7, 11) is -1.64. The molecule has 1 N–H and O–H groups in total. The van der Waals surface area contributed by atoms with Crippen LogP contribution < -0.4 is 9.46 Å². The van der Waals surface area contributed by atoms with Crippen LogP contribution in [0.3, 0.4) is 0 Å². The molecule has 0 spiro atoms. The Labute approximate surface area is 137 Å². The lowest BCUT2D eigenvalue weighted by molar-refractivity contribution is -0.133. The van der Waals surface area contributed by atoms with E-state index >= 15 is 0 Å². The van der Waals surface area contributed by atoms with Gasteiger partial charge in [-0.05, 0) is 37.0 Å². The Balaban J connectivity index is 1.99. The zero-order valence-corrected chi connectivity index (χ0v) is 14.4. The summed E-state index contributed by atoms with van der Waals surface area (Å²) >= 11 is 0. The highest BCUT2D eigenvalue weighted by Gasteiger charge is 2.27. The number of carbonyl (C=O) groups excluding carboxylic acids is 1. The lowest BCUT2D eigenvalue weighted by atomic mass is 10.0. The molecule has 1 fully saturated rings. The fourth-order valence-electron chi connectivity index (χ4n) is 2.81. The standard InChI is InChI=1S/C16H24N2O4S/c1-22-15-8-6-13(7-9-15)11-16(19)18-10-4-3-5-14(18)12-17-23(2,20)21/h6-9,14,17H,3-5,10-12H2,1-2H3. The Morgan fingerprint density at radius 1 is 1.30 bits per heavy atom. The molecule has 7 heteroatoms. The number of methoxy groups -OCH3 is 1. The summed E-state index contributed by atoms with van der Waals surface area (Å²) in [4.78, 5) is 14.4. The Kier molecular flexibility index (Phi) is 6.01. The minimum absolute atomic E-state index is 0.0372. The molecule has 1 atom stereocenters. The second-order valence-electron chi connectivity index (χ2n) is 5.88. The Morgan fingerprint density at radius 3 is 2.61 bits per heavy atom. The minimum atomic E-state index is -3.24. The zero-order valence-electron chi connectivity index (χ0n) is 13.6. The maximum absolute atomic E-state index is 12.6. The van der Waals surface area contributed by atoms with Crippen molar-refractivity contribution in [2.45, 2.75) is 31.7 Å². The van der Waals surface area contributed by atoms with Crippen molar-refractivity contribution >= 4 is 15.9 Å². The van der Waals surface area contributed by atoms with E-state index in [9.17, 15) is 13.2 Å². The van der Waals surface area contributed by atoms with E-state index in [0.29, 0.717) is 13.0 Å². The number of nitrogens with one attached hydrogen (secondary N) is 1. The fraction of sp³-hybridized carbons (Fsp3) is 0.562. The third kappa shape index (κ3) is 5.51. The Morgan fingerprint density at radius 2 is 2.00 bits per heavy atom. The molecule has 0 aromatic heterocycles. The van der Waals surface area contributed by atoms with Gasteiger partial charge in [0.25, 0.3) is 0 Å². The van der Waals surface area contributed by atoms with Crippen molar-refractivity contribution in [2.75, 3.05) is 26.5 Å². The van der Waals surface area contributed by atoms with E-state index in [1.165, 1.54) is 0 Å². The molecule has 1 aliphatic heterocycles. The predicted molar refractivity (Wildman–Crippen MR) is 88.9 cm³/mol.